The molecule has 2 aromatic heterocycles. The topological polar surface area (TPSA) is 102 Å². The SMILES string of the molecule is O=C([C@@H]1NCCC1=S(=O)=O)N(Cc1cccc(OCc2ccccn2)c1)c1cc2cc(F)ccc2o1. The molecule has 184 valence electrons. The van der Waals surface area contributed by atoms with Crippen molar-refractivity contribution in [3.05, 3.63) is 90.0 Å². The summed E-state index contributed by atoms with van der Waals surface area (Å²) in [5.41, 5.74) is 1.92. The number of aromatic nitrogens is 1. The number of carbonyl (C=O) groups excluding carboxylic acids is 1. The molecule has 0 radical (unpaired) electrons. The molecule has 1 aliphatic heterocycles. The number of hydrogen-bond donors (Lipinski definition) is 1. The molecule has 1 atom stereocenters. The Morgan fingerprint density at radius 1 is 1.14 bits per heavy atom. The van der Waals surface area contributed by atoms with E-state index in [1.807, 2.05) is 24.3 Å². The molecule has 5 rings (SSSR count). The van der Waals surface area contributed by atoms with Gasteiger partial charge in [0.1, 0.15) is 29.8 Å². The largest absolute Gasteiger partial charge is 0.487 e. The van der Waals surface area contributed by atoms with Crippen LogP contribution in [0.15, 0.2) is 77.3 Å². The van der Waals surface area contributed by atoms with Crippen LogP contribution in [0.1, 0.15) is 17.7 Å². The van der Waals surface area contributed by atoms with Gasteiger partial charge in [-0.3, -0.25) is 14.7 Å². The molecule has 0 aliphatic carbocycles. The third-order valence-corrected chi connectivity index (χ3v) is 6.72. The number of benzene rings is 2. The van der Waals surface area contributed by atoms with Crippen LogP contribution in [-0.4, -0.2) is 36.8 Å². The van der Waals surface area contributed by atoms with Gasteiger partial charge in [0.25, 0.3) is 5.91 Å². The van der Waals surface area contributed by atoms with Gasteiger partial charge in [-0.05, 0) is 54.4 Å². The lowest BCUT2D eigenvalue weighted by molar-refractivity contribution is -0.119. The summed E-state index contributed by atoms with van der Waals surface area (Å²) in [5, 5.41) is 3.45. The second-order valence-corrected chi connectivity index (χ2v) is 9.28. The Balaban J connectivity index is 1.45. The summed E-state index contributed by atoms with van der Waals surface area (Å²) in [6.45, 7) is 0.732. The fourth-order valence-corrected chi connectivity index (χ4v) is 4.76. The monoisotopic (exact) mass is 507 g/mol. The Morgan fingerprint density at radius 2 is 2.03 bits per heavy atom. The summed E-state index contributed by atoms with van der Waals surface area (Å²) >= 11 is 0. The summed E-state index contributed by atoms with van der Waals surface area (Å²) in [4.78, 5) is 19.3. The molecule has 1 aliphatic rings. The van der Waals surface area contributed by atoms with Gasteiger partial charge in [0, 0.05) is 24.2 Å². The summed E-state index contributed by atoms with van der Waals surface area (Å²) in [6.07, 6.45) is 1.94. The van der Waals surface area contributed by atoms with Crippen LogP contribution in [0.25, 0.3) is 11.0 Å². The van der Waals surface area contributed by atoms with Crippen molar-refractivity contribution < 1.29 is 26.8 Å². The van der Waals surface area contributed by atoms with Gasteiger partial charge in [-0.1, -0.05) is 18.2 Å². The normalized spacial score (nSPS) is 15.2. The van der Waals surface area contributed by atoms with Crippen LogP contribution >= 0.6 is 0 Å². The number of anilines is 1. The molecule has 36 heavy (non-hydrogen) atoms. The number of halogens is 1. The lowest BCUT2D eigenvalue weighted by atomic mass is 10.1. The zero-order valence-electron chi connectivity index (χ0n) is 19.1. The second kappa shape index (κ2) is 10.3. The first-order valence-electron chi connectivity index (χ1n) is 11.3. The molecule has 1 saturated heterocycles. The maximum absolute atomic E-state index is 13.8. The van der Waals surface area contributed by atoms with E-state index in [1.54, 1.807) is 30.5 Å². The van der Waals surface area contributed by atoms with Gasteiger partial charge in [-0.25, -0.2) is 4.39 Å². The number of furan rings is 1. The van der Waals surface area contributed by atoms with Crippen molar-refractivity contribution in [1.29, 1.82) is 0 Å². The highest BCUT2D eigenvalue weighted by molar-refractivity contribution is 7.73. The summed E-state index contributed by atoms with van der Waals surface area (Å²) in [7, 11) is -2.50. The molecular formula is C26H22FN3O5S. The van der Waals surface area contributed by atoms with Gasteiger partial charge in [0.15, 0.2) is 0 Å². The van der Waals surface area contributed by atoms with E-state index in [0.717, 1.165) is 11.3 Å². The Labute approximate surface area is 207 Å². The Hall–Kier alpha value is -4.02. The number of hydrogen-bond acceptors (Lipinski definition) is 7. The minimum Gasteiger partial charge on any atom is -0.487 e. The van der Waals surface area contributed by atoms with E-state index in [-0.39, 0.29) is 30.3 Å². The van der Waals surface area contributed by atoms with Gasteiger partial charge < -0.3 is 14.5 Å². The van der Waals surface area contributed by atoms with Crippen LogP contribution in [0.3, 0.4) is 0 Å². The van der Waals surface area contributed by atoms with Crippen molar-refractivity contribution in [2.24, 2.45) is 0 Å². The first-order chi connectivity index (χ1) is 17.5. The molecule has 8 nitrogen and oxygen atoms in total. The van der Waals surface area contributed by atoms with Crippen LogP contribution < -0.4 is 15.0 Å². The Kier molecular flexibility index (Phi) is 6.79. The molecule has 0 spiro atoms. The highest BCUT2D eigenvalue weighted by Gasteiger charge is 2.35. The molecule has 2 aromatic carbocycles. The van der Waals surface area contributed by atoms with E-state index >= 15 is 0 Å². The minimum absolute atomic E-state index is 0.0822. The minimum atomic E-state index is -2.50. The molecule has 0 saturated carbocycles. The predicted molar refractivity (Wildman–Crippen MR) is 133 cm³/mol. The number of nitrogens with zero attached hydrogens (tertiary/aromatic N) is 2. The van der Waals surface area contributed by atoms with Crippen LogP contribution in [0.4, 0.5) is 10.3 Å². The van der Waals surface area contributed by atoms with Crippen molar-refractivity contribution in [2.45, 2.75) is 25.6 Å². The van der Waals surface area contributed by atoms with E-state index in [9.17, 15) is 17.6 Å². The van der Waals surface area contributed by atoms with Crippen LogP contribution in [0, 0.1) is 5.82 Å². The molecule has 10 heteroatoms. The van der Waals surface area contributed by atoms with Gasteiger partial charge in [0.2, 0.25) is 16.2 Å². The van der Waals surface area contributed by atoms with Crippen molar-refractivity contribution in [2.75, 3.05) is 11.4 Å². The third kappa shape index (κ3) is 5.14. The fraction of sp³-hybridized carbons (Fsp3) is 0.192. The second-order valence-electron chi connectivity index (χ2n) is 8.29. The number of pyridine rings is 1. The van der Waals surface area contributed by atoms with E-state index in [0.29, 0.717) is 23.3 Å². The maximum atomic E-state index is 13.8. The van der Waals surface area contributed by atoms with Crippen molar-refractivity contribution in [3.63, 3.8) is 0 Å². The summed E-state index contributed by atoms with van der Waals surface area (Å²) in [5.74, 6) is -0.138. The van der Waals surface area contributed by atoms with Gasteiger partial charge in [-0.15, -0.1) is 0 Å². The zero-order chi connectivity index (χ0) is 25.1. The molecule has 1 N–H and O–H groups in total. The number of nitrogens with one attached hydrogen (secondary N) is 1. The van der Waals surface area contributed by atoms with Crippen molar-refractivity contribution >= 4 is 37.9 Å². The zero-order valence-corrected chi connectivity index (χ0v) is 19.9. The molecule has 1 amide bonds. The van der Waals surface area contributed by atoms with Gasteiger partial charge in [0.05, 0.1) is 17.1 Å². The predicted octanol–water partition coefficient (Wildman–Crippen LogP) is 3.49. The van der Waals surface area contributed by atoms with Gasteiger partial charge in [-0.2, -0.15) is 8.42 Å². The lowest BCUT2D eigenvalue weighted by Gasteiger charge is -2.23. The Bertz CT molecular complexity index is 1540. The standard InChI is InChI=1S/C26H22FN3O5S/c27-19-7-8-22-18(13-19)14-24(35-22)30(26(31)25-23(36(32)33)9-11-29-25)15-17-4-3-6-21(12-17)34-16-20-5-1-2-10-28-20/h1-8,10,12-14,25,29H,9,11,15-16H2/t25-/m1/s1. The number of ether oxygens (including phenoxy) is 1. The van der Waals surface area contributed by atoms with E-state index < -0.39 is 28.1 Å². The molecule has 4 aromatic rings. The molecule has 1 fully saturated rings. The van der Waals surface area contributed by atoms with Crippen molar-refractivity contribution in [1.82, 2.24) is 10.3 Å². The number of amides is 1. The van der Waals surface area contributed by atoms with E-state index in [1.165, 1.54) is 23.1 Å². The third-order valence-electron chi connectivity index (χ3n) is 5.85. The van der Waals surface area contributed by atoms with Gasteiger partial charge >= 0.3 is 0 Å². The average Bonchev–Trinajstić information content (AvgIpc) is 3.54. The van der Waals surface area contributed by atoms with Crippen LogP contribution in [0.2, 0.25) is 0 Å². The molecule has 3 heterocycles. The Morgan fingerprint density at radius 3 is 2.83 bits per heavy atom. The summed E-state index contributed by atoms with van der Waals surface area (Å²) < 4.78 is 48.9. The number of rotatable bonds is 7. The fourth-order valence-electron chi connectivity index (χ4n) is 4.11. The number of fused-ring (bicyclic) bond motifs is 1. The van der Waals surface area contributed by atoms with Crippen LogP contribution in [-0.2, 0) is 28.2 Å². The molecular weight excluding hydrogens is 485 g/mol. The quantitative estimate of drug-likeness (QED) is 0.382. The van der Waals surface area contributed by atoms with Crippen molar-refractivity contribution in [3.8, 4) is 5.75 Å². The highest BCUT2D eigenvalue weighted by Crippen LogP contribution is 2.29. The summed E-state index contributed by atoms with van der Waals surface area (Å²) in [6, 6.07) is 17.4. The first-order valence-corrected chi connectivity index (χ1v) is 12.4. The maximum Gasteiger partial charge on any atom is 0.252 e. The van der Waals surface area contributed by atoms with Crippen LogP contribution in [0.5, 0.6) is 5.75 Å². The molecule has 0 bridgehead atoms. The van der Waals surface area contributed by atoms with E-state index in [2.05, 4.69) is 10.3 Å². The highest BCUT2D eigenvalue weighted by atomic mass is 32.2. The smallest absolute Gasteiger partial charge is 0.252 e. The first kappa shape index (κ1) is 23.7. The lowest BCUT2D eigenvalue weighted by Crippen LogP contribution is -2.46. The molecule has 0 unspecified atom stereocenters. The van der Waals surface area contributed by atoms with E-state index in [4.69, 9.17) is 9.15 Å². The average molecular weight is 508 g/mol. The number of carbonyl (C=O) groups is 1.